The smallest absolute Gasteiger partial charge is 0.404 e. The van der Waals surface area contributed by atoms with Crippen LogP contribution >= 0.6 is 0 Å². The summed E-state index contributed by atoms with van der Waals surface area (Å²) in [6.07, 6.45) is 14.1. The Morgan fingerprint density at radius 3 is 2.25 bits per heavy atom. The predicted octanol–water partition coefficient (Wildman–Crippen LogP) is 5.51. The van der Waals surface area contributed by atoms with Gasteiger partial charge >= 0.3 is 7.12 Å². The largest absolute Gasteiger partial charge is 0.481 e. The van der Waals surface area contributed by atoms with Crippen LogP contribution in [0.2, 0.25) is 5.82 Å². The van der Waals surface area contributed by atoms with E-state index < -0.39 is 7.12 Å². The second-order valence-corrected chi connectivity index (χ2v) is 13.3. The lowest BCUT2D eigenvalue weighted by atomic mass is 9.43. The van der Waals surface area contributed by atoms with Gasteiger partial charge in [0.05, 0.1) is 24.2 Å². The Hall–Kier alpha value is -1.01. The first-order valence-electron chi connectivity index (χ1n) is 14.8. The minimum absolute atomic E-state index is 0.0121. The fourth-order valence-electron chi connectivity index (χ4n) is 7.52. The van der Waals surface area contributed by atoms with Crippen molar-refractivity contribution in [2.45, 2.75) is 135 Å². The van der Waals surface area contributed by atoms with Gasteiger partial charge in [-0.25, -0.2) is 0 Å². The highest BCUT2D eigenvalue weighted by molar-refractivity contribution is 6.74. The van der Waals surface area contributed by atoms with Crippen LogP contribution in [0.15, 0.2) is 0 Å². The molecule has 0 aromatic rings. The van der Waals surface area contributed by atoms with Gasteiger partial charge in [-0.2, -0.15) is 0 Å². The highest BCUT2D eigenvalue weighted by atomic mass is 16.7. The summed E-state index contributed by atoms with van der Waals surface area (Å²) in [5, 5.41) is 5.98. The van der Waals surface area contributed by atoms with Gasteiger partial charge in [-0.1, -0.05) is 91.3 Å². The Kier molecular flexibility index (Phi) is 9.18. The first kappa shape index (κ1) is 28.0. The molecular formula is C28H49B2N2O4. The second kappa shape index (κ2) is 11.8. The third-order valence-corrected chi connectivity index (χ3v) is 9.83. The van der Waals surface area contributed by atoms with Crippen molar-refractivity contribution < 1.29 is 18.9 Å². The number of hydrogen-bond acceptors (Lipinski definition) is 4. The average Bonchev–Trinajstić information content (AvgIpc) is 3.18. The van der Waals surface area contributed by atoms with E-state index in [1.54, 1.807) is 0 Å². The van der Waals surface area contributed by atoms with Gasteiger partial charge in [-0.05, 0) is 49.4 Å². The summed E-state index contributed by atoms with van der Waals surface area (Å²) in [5.74, 6) is 1.37. The lowest BCUT2D eigenvalue weighted by Crippen LogP contribution is -2.65. The molecule has 5 rings (SSSR count). The zero-order valence-corrected chi connectivity index (χ0v) is 23.4. The third-order valence-electron chi connectivity index (χ3n) is 9.83. The average molecular weight is 499 g/mol. The first-order chi connectivity index (χ1) is 17.1. The van der Waals surface area contributed by atoms with Gasteiger partial charge in [0.2, 0.25) is 13.2 Å². The molecule has 1 aliphatic heterocycles. The molecule has 201 valence electrons. The fraction of sp³-hybridized carbons (Fsp3) is 0.929. The summed E-state index contributed by atoms with van der Waals surface area (Å²) >= 11 is 0. The lowest BCUT2D eigenvalue weighted by molar-refractivity contribution is -0.199. The molecule has 2 amide bonds. The first-order valence-corrected chi connectivity index (χ1v) is 14.8. The molecule has 1 saturated heterocycles. The molecule has 36 heavy (non-hydrogen) atoms. The van der Waals surface area contributed by atoms with E-state index in [9.17, 15) is 9.59 Å². The molecule has 4 saturated carbocycles. The Morgan fingerprint density at radius 1 is 1.00 bits per heavy atom. The zero-order chi connectivity index (χ0) is 25.9. The van der Waals surface area contributed by atoms with E-state index in [1.807, 2.05) is 7.28 Å². The summed E-state index contributed by atoms with van der Waals surface area (Å²) in [6, 6.07) is 0. The van der Waals surface area contributed by atoms with Crippen molar-refractivity contribution >= 4 is 26.1 Å². The van der Waals surface area contributed by atoms with Crippen LogP contribution < -0.4 is 10.6 Å². The molecule has 0 aromatic carbocycles. The number of hydrogen-bond donors (Lipinski definition) is 2. The molecule has 5 fully saturated rings. The molecule has 2 N–H and O–H groups in total. The maximum atomic E-state index is 12.9. The van der Waals surface area contributed by atoms with Gasteiger partial charge in [0, 0.05) is 0 Å². The Bertz CT molecular complexity index is 769. The summed E-state index contributed by atoms with van der Waals surface area (Å²) in [5.41, 5.74) is -0.00254. The van der Waals surface area contributed by atoms with E-state index in [0.717, 1.165) is 25.7 Å². The van der Waals surface area contributed by atoms with Crippen LogP contribution in [0.4, 0.5) is 4.79 Å². The van der Waals surface area contributed by atoms with E-state index >= 15 is 0 Å². The monoisotopic (exact) mass is 499 g/mol. The van der Waals surface area contributed by atoms with Crippen LogP contribution in [0.5, 0.6) is 0 Å². The molecule has 0 spiro atoms. The van der Waals surface area contributed by atoms with Crippen molar-refractivity contribution in [1.82, 2.24) is 10.6 Å². The van der Waals surface area contributed by atoms with Crippen molar-refractivity contribution in [3.63, 3.8) is 0 Å². The molecule has 1 heterocycles. The maximum Gasteiger partial charge on any atom is 0.481 e. The minimum Gasteiger partial charge on any atom is -0.404 e. The number of nitrogens with one attached hydrogen (secondary N) is 2. The molecule has 4 aliphatic carbocycles. The van der Waals surface area contributed by atoms with E-state index in [2.05, 4.69) is 45.3 Å². The summed E-state index contributed by atoms with van der Waals surface area (Å²) < 4.78 is 13.1. The van der Waals surface area contributed by atoms with E-state index in [-0.39, 0.29) is 41.3 Å². The van der Waals surface area contributed by atoms with Crippen LogP contribution in [0, 0.1) is 23.2 Å². The summed E-state index contributed by atoms with van der Waals surface area (Å²) in [6.45, 7) is 11.2. The van der Waals surface area contributed by atoms with Gasteiger partial charge < -0.3 is 19.9 Å². The van der Waals surface area contributed by atoms with Crippen molar-refractivity contribution in [2.24, 2.45) is 23.2 Å². The highest BCUT2D eigenvalue weighted by Gasteiger charge is 2.68. The molecule has 0 aromatic heterocycles. The molecule has 5 aliphatic rings. The molecule has 1 unspecified atom stereocenters. The number of rotatable bonds is 8. The van der Waals surface area contributed by atoms with E-state index in [4.69, 9.17) is 9.31 Å². The number of carbonyl (C=O) groups is 2. The highest BCUT2D eigenvalue weighted by Crippen LogP contribution is 2.65. The maximum absolute atomic E-state index is 12.9. The van der Waals surface area contributed by atoms with Gasteiger partial charge in [0.25, 0.3) is 0 Å². The molecule has 6 nitrogen and oxygen atoms in total. The Balaban J connectivity index is 1.27. The number of amides is 2. The molecular weight excluding hydrogens is 450 g/mol. The second-order valence-electron chi connectivity index (χ2n) is 13.3. The van der Waals surface area contributed by atoms with Gasteiger partial charge in [-0.3, -0.25) is 9.59 Å². The van der Waals surface area contributed by atoms with E-state index in [0.29, 0.717) is 23.6 Å². The quantitative estimate of drug-likeness (QED) is 0.432. The molecule has 5 atom stereocenters. The SMILES string of the molecule is CC(C)C[C@H](NC(=O)CNC(=O)[B]C1CCCCCCCCC1)B1OC2C[C@H]3C[C@H](C3(C)C)[C@@]2(C)O1. The normalized spacial score (nSPS) is 33.3. The Labute approximate surface area is 220 Å². The minimum atomic E-state index is -0.438. The van der Waals surface area contributed by atoms with Crippen molar-refractivity contribution in [3.8, 4) is 0 Å². The predicted molar refractivity (Wildman–Crippen MR) is 146 cm³/mol. The van der Waals surface area contributed by atoms with Crippen LogP contribution in [0.3, 0.4) is 0 Å². The summed E-state index contributed by atoms with van der Waals surface area (Å²) in [7, 11) is 1.38. The van der Waals surface area contributed by atoms with Gasteiger partial charge in [0.1, 0.15) is 0 Å². The molecule has 2 bridgehead atoms. The fourth-order valence-corrected chi connectivity index (χ4v) is 7.52. The number of carbonyl (C=O) groups excluding carboxylic acids is 2. The van der Waals surface area contributed by atoms with Crippen molar-refractivity contribution in [3.05, 3.63) is 0 Å². The Morgan fingerprint density at radius 2 is 1.64 bits per heavy atom. The molecule has 1 radical (unpaired) electrons. The topological polar surface area (TPSA) is 76.7 Å². The van der Waals surface area contributed by atoms with Crippen LogP contribution in [-0.2, 0) is 14.1 Å². The van der Waals surface area contributed by atoms with E-state index in [1.165, 1.54) is 51.4 Å². The van der Waals surface area contributed by atoms with Gasteiger partial charge in [-0.15, -0.1) is 0 Å². The third kappa shape index (κ3) is 6.34. The lowest BCUT2D eigenvalue weighted by Gasteiger charge is -2.64. The van der Waals surface area contributed by atoms with Crippen LogP contribution in [0.25, 0.3) is 0 Å². The van der Waals surface area contributed by atoms with Crippen LogP contribution in [0.1, 0.15) is 112 Å². The summed E-state index contributed by atoms with van der Waals surface area (Å²) in [4.78, 5) is 25.5. The van der Waals surface area contributed by atoms with Crippen molar-refractivity contribution in [1.29, 1.82) is 0 Å². The van der Waals surface area contributed by atoms with Gasteiger partial charge in [0.15, 0.2) is 5.81 Å². The zero-order valence-electron chi connectivity index (χ0n) is 23.4. The van der Waals surface area contributed by atoms with Crippen molar-refractivity contribution in [2.75, 3.05) is 6.54 Å². The standard InChI is InChI=1S/C28H49B2N2O4/c1-19(2)15-24(30-35-23-17-20-16-22(27(20,3)4)28(23,5)36-30)32-25(33)18-31-26(34)29-21-13-11-9-7-6-8-10-12-14-21/h19-24H,6-18H2,1-5H3,(H,31,34)(H,32,33)/t20-,22-,23?,24+,28-/m1/s1. The van der Waals surface area contributed by atoms with Crippen LogP contribution in [-0.4, -0.2) is 50.3 Å². The molecule has 8 heteroatoms.